The molecule has 98 valence electrons. The van der Waals surface area contributed by atoms with Crippen LogP contribution in [0.5, 0.6) is 0 Å². The third-order valence-electron chi connectivity index (χ3n) is 2.80. The van der Waals surface area contributed by atoms with Gasteiger partial charge in [-0.2, -0.15) is 0 Å². The molecule has 2 unspecified atom stereocenters. The number of hydrogen-bond donors (Lipinski definition) is 1. The molecule has 6 nitrogen and oxygen atoms in total. The third kappa shape index (κ3) is 2.54. The van der Waals surface area contributed by atoms with E-state index in [2.05, 4.69) is 9.47 Å². The van der Waals surface area contributed by atoms with Crippen LogP contribution in [0, 0.1) is 0 Å². The second-order valence-corrected chi connectivity index (χ2v) is 5.78. The zero-order chi connectivity index (χ0) is 13.3. The van der Waals surface area contributed by atoms with Crippen LogP contribution < -0.4 is 10.0 Å². The van der Waals surface area contributed by atoms with E-state index in [1.54, 1.807) is 17.0 Å². The average Bonchev–Trinajstić information content (AvgIpc) is 2.69. The summed E-state index contributed by atoms with van der Waals surface area (Å²) >= 11 is 0. The Kier molecular flexibility index (Phi) is 3.68. The number of sulfonamides is 1. The largest absolute Gasteiger partial charge is 0.353 e. The molecule has 1 heterocycles. The van der Waals surface area contributed by atoms with Crippen LogP contribution in [0.1, 0.15) is 6.42 Å². The molecule has 0 aliphatic carbocycles. The molecule has 0 saturated carbocycles. The van der Waals surface area contributed by atoms with Crippen LogP contribution in [0.4, 0.5) is 5.69 Å². The molecule has 2 N–H and O–H groups in total. The van der Waals surface area contributed by atoms with Crippen molar-refractivity contribution in [1.82, 2.24) is 0 Å². The van der Waals surface area contributed by atoms with Gasteiger partial charge in [-0.15, -0.1) is 0 Å². The Morgan fingerprint density at radius 2 is 1.94 bits per heavy atom. The van der Waals surface area contributed by atoms with Crippen molar-refractivity contribution in [2.24, 2.45) is 5.14 Å². The van der Waals surface area contributed by atoms with Crippen LogP contribution in [-0.2, 0) is 19.3 Å². The molecule has 1 fully saturated rings. The second-order valence-electron chi connectivity index (χ2n) is 3.94. The van der Waals surface area contributed by atoms with Gasteiger partial charge in [0.2, 0.25) is 10.0 Å². The number of benzene rings is 1. The molecule has 0 radical (unpaired) electrons. The normalized spacial score (nSPS) is 20.4. The van der Waals surface area contributed by atoms with E-state index in [4.69, 9.17) is 9.66 Å². The van der Waals surface area contributed by atoms with Gasteiger partial charge in [0, 0.05) is 28.1 Å². The van der Waals surface area contributed by atoms with Gasteiger partial charge in [-0.05, 0) is 24.3 Å². The minimum Gasteiger partial charge on any atom is -0.353 e. The van der Waals surface area contributed by atoms with E-state index in [0.717, 1.165) is 0 Å². The van der Waals surface area contributed by atoms with Gasteiger partial charge in [0.1, 0.15) is 6.10 Å². The van der Waals surface area contributed by atoms with E-state index in [9.17, 15) is 13.2 Å². The van der Waals surface area contributed by atoms with Gasteiger partial charge in [-0.25, -0.2) is 13.6 Å². The summed E-state index contributed by atoms with van der Waals surface area (Å²) in [5.41, 5.74) is 0.636. The first-order valence-corrected chi connectivity index (χ1v) is 7.25. The van der Waals surface area contributed by atoms with E-state index in [1.807, 2.05) is 0 Å². The Bertz CT molecular complexity index is 558. The first-order valence-electron chi connectivity index (χ1n) is 5.23. The predicted molar refractivity (Wildman–Crippen MR) is 69.4 cm³/mol. The standard InChI is InChI=1S/C10H13N2O4PS/c11-18(14,15)8-3-1-7(2-4-8)12-6-5-9(16-17)10(12)13/h1-4,9H,5-6,17H2,(H2,11,14,15). The summed E-state index contributed by atoms with van der Waals surface area (Å²) in [6.07, 6.45) is 0.159. The Morgan fingerprint density at radius 1 is 1.33 bits per heavy atom. The Labute approximate surface area is 107 Å². The number of rotatable bonds is 3. The van der Waals surface area contributed by atoms with E-state index in [1.165, 1.54) is 12.1 Å². The summed E-state index contributed by atoms with van der Waals surface area (Å²) in [6, 6.07) is 5.88. The number of carbonyl (C=O) groups is 1. The summed E-state index contributed by atoms with van der Waals surface area (Å²) in [4.78, 5) is 13.4. The van der Waals surface area contributed by atoms with Gasteiger partial charge >= 0.3 is 0 Å². The Hall–Kier alpha value is -1.01. The van der Waals surface area contributed by atoms with E-state index >= 15 is 0 Å². The molecule has 2 rings (SSSR count). The predicted octanol–water partition coefficient (Wildman–Crippen LogP) is 0.246. The van der Waals surface area contributed by atoms with Gasteiger partial charge in [0.15, 0.2) is 0 Å². The number of hydrogen-bond acceptors (Lipinski definition) is 4. The lowest BCUT2D eigenvalue weighted by Crippen LogP contribution is -2.29. The van der Waals surface area contributed by atoms with Crippen molar-refractivity contribution in [2.75, 3.05) is 11.4 Å². The van der Waals surface area contributed by atoms with Crippen molar-refractivity contribution < 1.29 is 17.7 Å². The van der Waals surface area contributed by atoms with Crippen LogP contribution in [0.25, 0.3) is 0 Å². The van der Waals surface area contributed by atoms with Crippen molar-refractivity contribution >= 4 is 31.1 Å². The maximum atomic E-state index is 11.9. The summed E-state index contributed by atoms with van der Waals surface area (Å²) < 4.78 is 27.2. The molecule has 2 atom stereocenters. The zero-order valence-electron chi connectivity index (χ0n) is 9.44. The molecule has 1 saturated heterocycles. The molecular formula is C10H13N2O4PS. The van der Waals surface area contributed by atoms with Gasteiger partial charge < -0.3 is 9.42 Å². The molecule has 18 heavy (non-hydrogen) atoms. The van der Waals surface area contributed by atoms with Gasteiger partial charge in [0.25, 0.3) is 5.91 Å². The fourth-order valence-corrected chi connectivity index (χ4v) is 2.62. The van der Waals surface area contributed by atoms with Crippen molar-refractivity contribution in [3.05, 3.63) is 24.3 Å². The maximum absolute atomic E-state index is 11.9. The fraction of sp³-hybridized carbons (Fsp3) is 0.300. The smallest absolute Gasteiger partial charge is 0.256 e. The lowest BCUT2D eigenvalue weighted by Gasteiger charge is -2.16. The van der Waals surface area contributed by atoms with Gasteiger partial charge in [-0.3, -0.25) is 4.79 Å². The summed E-state index contributed by atoms with van der Waals surface area (Å²) in [6.45, 7) is 0.548. The van der Waals surface area contributed by atoms with E-state index in [-0.39, 0.29) is 10.8 Å². The number of primary sulfonamides is 1. The highest BCUT2D eigenvalue weighted by Crippen LogP contribution is 2.25. The van der Waals surface area contributed by atoms with Gasteiger partial charge in [0.05, 0.1) is 4.90 Å². The highest BCUT2D eigenvalue weighted by atomic mass is 32.2. The number of nitrogens with zero attached hydrogens (tertiary/aromatic N) is 1. The van der Waals surface area contributed by atoms with Crippen LogP contribution in [0.2, 0.25) is 0 Å². The monoisotopic (exact) mass is 288 g/mol. The highest BCUT2D eigenvalue weighted by molar-refractivity contribution is 7.89. The molecule has 0 bridgehead atoms. The van der Waals surface area contributed by atoms with Crippen LogP contribution in [0.3, 0.4) is 0 Å². The maximum Gasteiger partial charge on any atom is 0.256 e. The quantitative estimate of drug-likeness (QED) is 0.807. The molecular weight excluding hydrogens is 275 g/mol. The van der Waals surface area contributed by atoms with Crippen LogP contribution in [-0.4, -0.2) is 27.0 Å². The molecule has 1 aromatic carbocycles. The molecule has 1 amide bonds. The van der Waals surface area contributed by atoms with Crippen LogP contribution in [0.15, 0.2) is 29.2 Å². The third-order valence-corrected chi connectivity index (χ3v) is 4.06. The number of amides is 1. The minimum atomic E-state index is -3.70. The fourth-order valence-electron chi connectivity index (χ4n) is 1.85. The average molecular weight is 288 g/mol. The highest BCUT2D eigenvalue weighted by Gasteiger charge is 2.32. The van der Waals surface area contributed by atoms with Crippen molar-refractivity contribution in [3.8, 4) is 0 Å². The van der Waals surface area contributed by atoms with Crippen molar-refractivity contribution in [1.29, 1.82) is 0 Å². The number of carbonyl (C=O) groups excluding carboxylic acids is 1. The Balaban J connectivity index is 2.24. The zero-order valence-corrected chi connectivity index (χ0v) is 11.4. The Morgan fingerprint density at radius 3 is 2.39 bits per heavy atom. The summed E-state index contributed by atoms with van der Waals surface area (Å²) in [5.74, 6) is -0.131. The molecule has 0 spiro atoms. The topological polar surface area (TPSA) is 89.7 Å². The van der Waals surface area contributed by atoms with E-state index < -0.39 is 16.1 Å². The summed E-state index contributed by atoms with van der Waals surface area (Å²) in [7, 11) is -1.62. The SMILES string of the molecule is NS(=O)(=O)c1ccc(N2CCC(OP)C2=O)cc1. The van der Waals surface area contributed by atoms with Crippen LogP contribution >= 0.6 is 9.47 Å². The lowest BCUT2D eigenvalue weighted by molar-refractivity contribution is -0.122. The van der Waals surface area contributed by atoms with Gasteiger partial charge in [-0.1, -0.05) is 0 Å². The number of anilines is 1. The molecule has 1 aliphatic heterocycles. The minimum absolute atomic E-state index is 0.0248. The lowest BCUT2D eigenvalue weighted by atomic mass is 10.3. The van der Waals surface area contributed by atoms with E-state index in [0.29, 0.717) is 18.7 Å². The first kappa shape index (κ1) is 13.4. The second kappa shape index (κ2) is 4.93. The number of nitrogens with two attached hydrogens (primary N) is 1. The van der Waals surface area contributed by atoms with Crippen molar-refractivity contribution in [2.45, 2.75) is 17.4 Å². The summed E-state index contributed by atoms with van der Waals surface area (Å²) in [5, 5.41) is 5.00. The van der Waals surface area contributed by atoms with Crippen molar-refractivity contribution in [3.63, 3.8) is 0 Å². The molecule has 0 aromatic heterocycles. The molecule has 8 heteroatoms. The molecule has 1 aromatic rings. The molecule has 1 aliphatic rings. The first-order chi connectivity index (χ1) is 8.43.